The van der Waals surface area contributed by atoms with Crippen LogP contribution < -0.4 is 0 Å². The summed E-state index contributed by atoms with van der Waals surface area (Å²) in [6.45, 7) is 1.59. The maximum atomic E-state index is 12.7. The number of sulfonamides is 1. The summed E-state index contributed by atoms with van der Waals surface area (Å²) in [5, 5.41) is 13.6. The molecule has 0 radical (unpaired) electrons. The number of aliphatic hydroxyl groups excluding tert-OH is 1. The minimum atomic E-state index is -3.58. The normalized spacial score (nSPS) is 28.0. The van der Waals surface area contributed by atoms with E-state index in [0.29, 0.717) is 26.2 Å². The molecule has 0 unspecified atom stereocenters. The smallest absolute Gasteiger partial charge is 0.246 e. The van der Waals surface area contributed by atoms with E-state index in [1.807, 2.05) is 0 Å². The summed E-state index contributed by atoms with van der Waals surface area (Å²) in [6, 6.07) is -0.203. The highest BCUT2D eigenvalue weighted by atomic mass is 32.2. The van der Waals surface area contributed by atoms with Crippen molar-refractivity contribution in [2.45, 2.75) is 42.7 Å². The molecule has 21 heavy (non-hydrogen) atoms. The third-order valence-electron chi connectivity index (χ3n) is 4.25. The van der Waals surface area contributed by atoms with E-state index in [9.17, 15) is 13.5 Å². The fourth-order valence-electron chi connectivity index (χ4n) is 2.99. The molecule has 8 heteroatoms. The molecule has 0 amide bonds. The highest BCUT2D eigenvalue weighted by molar-refractivity contribution is 7.89. The van der Waals surface area contributed by atoms with E-state index in [1.165, 1.54) is 10.5 Å². The number of nitrogens with zero attached hydrogens (tertiary/aromatic N) is 3. The van der Waals surface area contributed by atoms with E-state index in [4.69, 9.17) is 4.74 Å². The molecule has 0 aromatic carbocycles. The fraction of sp³-hybridized carbons (Fsp3) is 0.769. The van der Waals surface area contributed by atoms with E-state index in [1.54, 1.807) is 10.9 Å². The van der Waals surface area contributed by atoms with Gasteiger partial charge in [-0.3, -0.25) is 4.68 Å². The van der Waals surface area contributed by atoms with Crippen molar-refractivity contribution in [2.24, 2.45) is 0 Å². The first-order chi connectivity index (χ1) is 10.1. The SMILES string of the molecule is O=S(=O)(c1cnn([C@H]2CCOC2)c1)N1CCCC[C@H]1CO. The van der Waals surface area contributed by atoms with E-state index in [2.05, 4.69) is 5.10 Å². The standard InChI is InChI=1S/C13H21N3O4S/c17-9-11-3-1-2-5-16(11)21(18,19)13-7-14-15(8-13)12-4-6-20-10-12/h7-8,11-12,17H,1-6,9-10H2/t11-,12-/m0/s1. The van der Waals surface area contributed by atoms with Crippen molar-refractivity contribution < 1.29 is 18.3 Å². The molecular formula is C13H21N3O4S. The van der Waals surface area contributed by atoms with Crippen molar-refractivity contribution in [3.8, 4) is 0 Å². The Balaban J connectivity index is 1.83. The second-order valence-corrected chi connectivity index (χ2v) is 7.51. The predicted molar refractivity (Wildman–Crippen MR) is 75.3 cm³/mol. The van der Waals surface area contributed by atoms with Gasteiger partial charge in [-0.05, 0) is 19.3 Å². The van der Waals surface area contributed by atoms with Gasteiger partial charge in [0.15, 0.2) is 0 Å². The molecule has 1 aromatic rings. The molecular weight excluding hydrogens is 294 g/mol. The van der Waals surface area contributed by atoms with Crippen LogP contribution in [0.15, 0.2) is 17.3 Å². The van der Waals surface area contributed by atoms with Gasteiger partial charge in [-0.15, -0.1) is 0 Å². The van der Waals surface area contributed by atoms with Crippen LogP contribution in [0.4, 0.5) is 0 Å². The Hall–Kier alpha value is -0.960. The van der Waals surface area contributed by atoms with Crippen LogP contribution >= 0.6 is 0 Å². The zero-order chi connectivity index (χ0) is 14.9. The number of aliphatic hydroxyl groups is 1. The van der Waals surface area contributed by atoms with Crippen molar-refractivity contribution in [2.75, 3.05) is 26.4 Å². The number of rotatable bonds is 4. The van der Waals surface area contributed by atoms with Gasteiger partial charge in [-0.1, -0.05) is 6.42 Å². The Labute approximate surface area is 124 Å². The van der Waals surface area contributed by atoms with E-state index >= 15 is 0 Å². The fourth-order valence-corrected chi connectivity index (χ4v) is 4.62. The number of hydrogen-bond donors (Lipinski definition) is 1. The summed E-state index contributed by atoms with van der Waals surface area (Å²) < 4.78 is 33.8. The van der Waals surface area contributed by atoms with Crippen LogP contribution in [0.2, 0.25) is 0 Å². The van der Waals surface area contributed by atoms with Crippen molar-refractivity contribution in [1.82, 2.24) is 14.1 Å². The van der Waals surface area contributed by atoms with Crippen molar-refractivity contribution in [3.63, 3.8) is 0 Å². The van der Waals surface area contributed by atoms with Gasteiger partial charge in [0.1, 0.15) is 4.90 Å². The third kappa shape index (κ3) is 2.85. The van der Waals surface area contributed by atoms with Crippen LogP contribution in [-0.4, -0.2) is 60.0 Å². The van der Waals surface area contributed by atoms with E-state index in [-0.39, 0.29) is 23.6 Å². The van der Waals surface area contributed by atoms with Crippen molar-refractivity contribution in [1.29, 1.82) is 0 Å². The van der Waals surface area contributed by atoms with E-state index < -0.39 is 10.0 Å². The minimum absolute atomic E-state index is 0.115. The summed E-state index contributed by atoms with van der Waals surface area (Å²) >= 11 is 0. The van der Waals surface area contributed by atoms with Crippen molar-refractivity contribution in [3.05, 3.63) is 12.4 Å². The second-order valence-electron chi connectivity index (χ2n) is 5.62. The summed E-state index contributed by atoms with van der Waals surface area (Å²) in [7, 11) is -3.58. The van der Waals surface area contributed by atoms with Gasteiger partial charge < -0.3 is 9.84 Å². The minimum Gasteiger partial charge on any atom is -0.395 e. The molecule has 2 aliphatic rings. The quantitative estimate of drug-likeness (QED) is 0.868. The first-order valence-electron chi connectivity index (χ1n) is 7.37. The summed E-state index contributed by atoms with van der Waals surface area (Å²) in [5.41, 5.74) is 0. The van der Waals surface area contributed by atoms with Gasteiger partial charge in [0.2, 0.25) is 10.0 Å². The third-order valence-corrected chi connectivity index (χ3v) is 6.15. The molecule has 1 aromatic heterocycles. The van der Waals surface area contributed by atoms with E-state index in [0.717, 1.165) is 19.3 Å². The Morgan fingerprint density at radius 2 is 2.24 bits per heavy atom. The topological polar surface area (TPSA) is 84.7 Å². The Bertz CT molecular complexity index is 580. The second kappa shape index (κ2) is 6.04. The lowest BCUT2D eigenvalue weighted by atomic mass is 10.1. The highest BCUT2D eigenvalue weighted by Crippen LogP contribution is 2.26. The van der Waals surface area contributed by atoms with Gasteiger partial charge in [0.25, 0.3) is 0 Å². The zero-order valence-electron chi connectivity index (χ0n) is 11.9. The number of hydrogen-bond acceptors (Lipinski definition) is 5. The van der Waals surface area contributed by atoms with Crippen LogP contribution in [-0.2, 0) is 14.8 Å². The van der Waals surface area contributed by atoms with Gasteiger partial charge in [0.05, 0.1) is 25.5 Å². The summed E-state index contributed by atoms with van der Waals surface area (Å²) in [5.74, 6) is 0. The van der Waals surface area contributed by atoms with Gasteiger partial charge in [-0.2, -0.15) is 9.40 Å². The molecule has 118 valence electrons. The number of piperidine rings is 1. The highest BCUT2D eigenvalue weighted by Gasteiger charge is 2.34. The maximum absolute atomic E-state index is 12.7. The number of ether oxygens (including phenoxy) is 1. The van der Waals surface area contributed by atoms with Crippen LogP contribution in [0.25, 0.3) is 0 Å². The molecule has 2 atom stereocenters. The van der Waals surface area contributed by atoms with Gasteiger partial charge in [0, 0.05) is 25.4 Å². The molecule has 2 fully saturated rings. The van der Waals surface area contributed by atoms with Gasteiger partial charge >= 0.3 is 0 Å². The van der Waals surface area contributed by atoms with Crippen LogP contribution in [0, 0.1) is 0 Å². The molecule has 2 aliphatic heterocycles. The lowest BCUT2D eigenvalue weighted by Gasteiger charge is -2.33. The molecule has 3 rings (SSSR count). The molecule has 0 saturated carbocycles. The molecule has 7 nitrogen and oxygen atoms in total. The zero-order valence-corrected chi connectivity index (χ0v) is 12.7. The average molecular weight is 315 g/mol. The predicted octanol–water partition coefficient (Wildman–Crippen LogP) is 0.380. The molecule has 2 saturated heterocycles. The molecule has 1 N–H and O–H groups in total. The van der Waals surface area contributed by atoms with Crippen LogP contribution in [0.5, 0.6) is 0 Å². The molecule has 0 bridgehead atoms. The maximum Gasteiger partial charge on any atom is 0.246 e. The Kier molecular flexibility index (Phi) is 4.30. The van der Waals surface area contributed by atoms with Crippen molar-refractivity contribution >= 4 is 10.0 Å². The summed E-state index contributed by atoms with van der Waals surface area (Å²) in [6.07, 6.45) is 6.33. The lowest BCUT2D eigenvalue weighted by molar-refractivity contribution is 0.155. The Morgan fingerprint density at radius 1 is 1.38 bits per heavy atom. The molecule has 0 aliphatic carbocycles. The first-order valence-corrected chi connectivity index (χ1v) is 8.81. The first kappa shape index (κ1) is 15.0. The Morgan fingerprint density at radius 3 is 2.95 bits per heavy atom. The monoisotopic (exact) mass is 315 g/mol. The molecule has 0 spiro atoms. The van der Waals surface area contributed by atoms with Crippen LogP contribution in [0.3, 0.4) is 0 Å². The number of aromatic nitrogens is 2. The van der Waals surface area contributed by atoms with Crippen LogP contribution in [0.1, 0.15) is 31.7 Å². The summed E-state index contributed by atoms with van der Waals surface area (Å²) in [4.78, 5) is 0.203. The average Bonchev–Trinajstić information content (AvgIpc) is 3.17. The largest absolute Gasteiger partial charge is 0.395 e. The van der Waals surface area contributed by atoms with Gasteiger partial charge in [-0.25, -0.2) is 8.42 Å². The molecule has 3 heterocycles. The lowest BCUT2D eigenvalue weighted by Crippen LogP contribution is -2.45.